The fourth-order valence-corrected chi connectivity index (χ4v) is 3.92. The van der Waals surface area contributed by atoms with Crippen LogP contribution in [0.25, 0.3) is 5.57 Å². The number of rotatable bonds is 6. The van der Waals surface area contributed by atoms with E-state index in [2.05, 4.69) is 5.32 Å². The first-order valence-corrected chi connectivity index (χ1v) is 10.7. The van der Waals surface area contributed by atoms with Crippen LogP contribution in [0.3, 0.4) is 0 Å². The first-order valence-electron chi connectivity index (χ1n) is 10.4. The van der Waals surface area contributed by atoms with Gasteiger partial charge in [-0.15, -0.1) is 0 Å². The highest BCUT2D eigenvalue weighted by Crippen LogP contribution is 2.37. The number of nitrogens with one attached hydrogen (secondary N) is 1. The van der Waals surface area contributed by atoms with Crippen LogP contribution in [0.4, 0.5) is 11.4 Å². The predicted octanol–water partition coefficient (Wildman–Crippen LogP) is 5.75. The number of hydrogen-bond acceptors (Lipinski definition) is 4. The molecular formula is C26H23ClN2O3. The molecule has 0 spiro atoms. The lowest BCUT2D eigenvalue weighted by atomic mass is 10.0. The van der Waals surface area contributed by atoms with Gasteiger partial charge in [0, 0.05) is 5.02 Å². The van der Waals surface area contributed by atoms with Crippen molar-refractivity contribution < 1.29 is 14.3 Å². The van der Waals surface area contributed by atoms with Crippen molar-refractivity contribution in [2.24, 2.45) is 0 Å². The summed E-state index contributed by atoms with van der Waals surface area (Å²) in [5.41, 5.74) is 4.17. The van der Waals surface area contributed by atoms with Gasteiger partial charge in [-0.2, -0.15) is 0 Å². The minimum absolute atomic E-state index is 0.199. The number of anilines is 2. The molecule has 0 aromatic heterocycles. The molecule has 0 unspecified atom stereocenters. The van der Waals surface area contributed by atoms with Crippen LogP contribution in [0, 0.1) is 13.8 Å². The van der Waals surface area contributed by atoms with Gasteiger partial charge in [-0.3, -0.25) is 9.59 Å². The van der Waals surface area contributed by atoms with Crippen LogP contribution in [0.15, 0.2) is 72.4 Å². The third-order valence-electron chi connectivity index (χ3n) is 5.26. The molecule has 2 amide bonds. The van der Waals surface area contributed by atoms with Crippen molar-refractivity contribution in [2.45, 2.75) is 20.8 Å². The summed E-state index contributed by atoms with van der Waals surface area (Å²) in [6, 6.07) is 19.9. The van der Waals surface area contributed by atoms with Crippen molar-refractivity contribution in [1.82, 2.24) is 0 Å². The highest BCUT2D eigenvalue weighted by Gasteiger charge is 2.41. The summed E-state index contributed by atoms with van der Waals surface area (Å²) in [4.78, 5) is 28.4. The molecule has 5 nitrogen and oxygen atoms in total. The molecule has 0 fully saturated rings. The normalized spacial score (nSPS) is 13.7. The Labute approximate surface area is 192 Å². The second-order valence-electron chi connectivity index (χ2n) is 7.55. The van der Waals surface area contributed by atoms with Crippen LogP contribution in [-0.2, 0) is 9.59 Å². The molecule has 1 N–H and O–H groups in total. The molecule has 0 aliphatic carbocycles. The molecule has 0 saturated carbocycles. The topological polar surface area (TPSA) is 58.6 Å². The van der Waals surface area contributed by atoms with Gasteiger partial charge >= 0.3 is 0 Å². The highest BCUT2D eigenvalue weighted by atomic mass is 35.5. The summed E-state index contributed by atoms with van der Waals surface area (Å²) in [5, 5.41) is 3.73. The zero-order valence-electron chi connectivity index (χ0n) is 18.1. The molecule has 0 radical (unpaired) electrons. The number of hydrogen-bond donors (Lipinski definition) is 1. The SMILES string of the molecule is CCOc1ccccc1NC1=C(c2ccc(Cl)cc2)C(=O)N(c2ccc(C)cc2C)C1=O. The van der Waals surface area contributed by atoms with E-state index < -0.39 is 5.91 Å². The van der Waals surface area contributed by atoms with Gasteiger partial charge in [-0.25, -0.2) is 4.90 Å². The number of amides is 2. The molecule has 0 saturated heterocycles. The Kier molecular flexibility index (Phi) is 6.01. The zero-order valence-corrected chi connectivity index (χ0v) is 18.9. The number of ether oxygens (including phenoxy) is 1. The molecule has 0 bridgehead atoms. The van der Waals surface area contributed by atoms with Crippen LogP contribution < -0.4 is 15.0 Å². The molecule has 3 aromatic rings. The molecular weight excluding hydrogens is 424 g/mol. The van der Waals surface area contributed by atoms with E-state index in [1.54, 1.807) is 30.3 Å². The number of carbonyl (C=O) groups is 2. The largest absolute Gasteiger partial charge is 0.492 e. The molecule has 3 aromatic carbocycles. The van der Waals surface area contributed by atoms with Gasteiger partial charge in [-0.05, 0) is 62.2 Å². The number of carbonyl (C=O) groups excluding carboxylic acids is 2. The highest BCUT2D eigenvalue weighted by molar-refractivity contribution is 6.46. The Morgan fingerprint density at radius 1 is 0.938 bits per heavy atom. The number of halogens is 1. The van der Waals surface area contributed by atoms with Crippen LogP contribution >= 0.6 is 11.6 Å². The van der Waals surface area contributed by atoms with E-state index in [0.717, 1.165) is 11.1 Å². The van der Waals surface area contributed by atoms with E-state index in [-0.39, 0.29) is 17.2 Å². The molecule has 6 heteroatoms. The summed E-state index contributed by atoms with van der Waals surface area (Å²) in [6.07, 6.45) is 0. The van der Waals surface area contributed by atoms with Crippen molar-refractivity contribution >= 4 is 40.4 Å². The first-order chi connectivity index (χ1) is 15.4. The van der Waals surface area contributed by atoms with Crippen LogP contribution in [0.5, 0.6) is 5.75 Å². The van der Waals surface area contributed by atoms with E-state index in [9.17, 15) is 9.59 Å². The fraction of sp³-hybridized carbons (Fsp3) is 0.154. The van der Waals surface area contributed by atoms with Crippen LogP contribution in [0.2, 0.25) is 5.02 Å². The van der Waals surface area contributed by atoms with Crippen molar-refractivity contribution in [3.63, 3.8) is 0 Å². The molecule has 32 heavy (non-hydrogen) atoms. The Balaban J connectivity index is 1.84. The summed E-state index contributed by atoms with van der Waals surface area (Å²) in [5.74, 6) is -0.206. The smallest absolute Gasteiger partial charge is 0.282 e. The predicted molar refractivity (Wildman–Crippen MR) is 128 cm³/mol. The Hall–Kier alpha value is -3.57. The molecule has 1 aliphatic heterocycles. The van der Waals surface area contributed by atoms with Crippen molar-refractivity contribution in [2.75, 3.05) is 16.8 Å². The zero-order chi connectivity index (χ0) is 22.8. The van der Waals surface area contributed by atoms with Crippen molar-refractivity contribution in [3.05, 3.63) is 94.1 Å². The molecule has 162 valence electrons. The lowest BCUT2D eigenvalue weighted by Crippen LogP contribution is -2.33. The maximum Gasteiger partial charge on any atom is 0.282 e. The second kappa shape index (κ2) is 8.89. The van der Waals surface area contributed by atoms with Crippen LogP contribution in [0.1, 0.15) is 23.6 Å². The summed E-state index contributed by atoms with van der Waals surface area (Å²) >= 11 is 6.05. The van der Waals surface area contributed by atoms with E-state index in [1.807, 2.05) is 57.2 Å². The van der Waals surface area contributed by atoms with Gasteiger partial charge in [0.25, 0.3) is 11.8 Å². The molecule has 4 rings (SSSR count). The second-order valence-corrected chi connectivity index (χ2v) is 7.98. The maximum atomic E-state index is 13.6. The van der Waals surface area contributed by atoms with Gasteiger partial charge < -0.3 is 10.1 Å². The monoisotopic (exact) mass is 446 g/mol. The van der Waals surface area contributed by atoms with Gasteiger partial charge in [0.15, 0.2) is 0 Å². The van der Waals surface area contributed by atoms with Crippen LogP contribution in [-0.4, -0.2) is 18.4 Å². The maximum absolute atomic E-state index is 13.6. The number of nitrogens with zero attached hydrogens (tertiary/aromatic N) is 1. The number of aryl methyl sites for hydroxylation is 2. The van der Waals surface area contributed by atoms with Crippen molar-refractivity contribution in [1.29, 1.82) is 0 Å². The third-order valence-corrected chi connectivity index (χ3v) is 5.51. The fourth-order valence-electron chi connectivity index (χ4n) is 3.79. The van der Waals surface area contributed by atoms with E-state index in [4.69, 9.17) is 16.3 Å². The quantitative estimate of drug-likeness (QED) is 0.489. The molecule has 0 atom stereocenters. The number of imide groups is 1. The summed E-state index contributed by atoms with van der Waals surface area (Å²) in [7, 11) is 0. The van der Waals surface area contributed by atoms with E-state index in [0.29, 0.717) is 34.3 Å². The first kappa shape index (κ1) is 21.7. The Morgan fingerprint density at radius 3 is 2.34 bits per heavy atom. The summed E-state index contributed by atoms with van der Waals surface area (Å²) in [6.45, 7) is 6.23. The number of para-hydroxylation sites is 2. The lowest BCUT2D eigenvalue weighted by molar-refractivity contribution is -0.120. The van der Waals surface area contributed by atoms with Gasteiger partial charge in [0.05, 0.1) is 23.6 Å². The molecule has 1 heterocycles. The average Bonchev–Trinajstić information content (AvgIpc) is 3.00. The van der Waals surface area contributed by atoms with Gasteiger partial charge in [-0.1, -0.05) is 53.6 Å². The van der Waals surface area contributed by atoms with Gasteiger partial charge in [0.2, 0.25) is 0 Å². The third kappa shape index (κ3) is 3.99. The Morgan fingerprint density at radius 2 is 1.66 bits per heavy atom. The van der Waals surface area contributed by atoms with E-state index in [1.165, 1.54) is 4.90 Å². The lowest BCUT2D eigenvalue weighted by Gasteiger charge is -2.18. The summed E-state index contributed by atoms with van der Waals surface area (Å²) < 4.78 is 5.70. The average molecular weight is 447 g/mol. The minimum atomic E-state index is -0.418. The number of benzene rings is 3. The molecule has 1 aliphatic rings. The standard InChI is InChI=1S/C26H23ClN2O3/c1-4-32-22-8-6-5-7-20(22)28-24-23(18-10-12-19(27)13-11-18)25(30)29(26(24)31)21-14-9-16(2)15-17(21)3/h5-15,28H,4H2,1-3H3. The minimum Gasteiger partial charge on any atom is -0.492 e. The van der Waals surface area contributed by atoms with E-state index >= 15 is 0 Å². The Bertz CT molecular complexity index is 1230. The van der Waals surface area contributed by atoms with Crippen molar-refractivity contribution in [3.8, 4) is 5.75 Å². The van der Waals surface area contributed by atoms with Gasteiger partial charge in [0.1, 0.15) is 11.4 Å².